The van der Waals surface area contributed by atoms with Crippen molar-refractivity contribution < 1.29 is 19.1 Å². The van der Waals surface area contributed by atoms with E-state index in [1.165, 1.54) is 29.3 Å². The van der Waals surface area contributed by atoms with Gasteiger partial charge in [0.05, 0.1) is 16.6 Å². The number of halogens is 1. The van der Waals surface area contributed by atoms with E-state index in [1.807, 2.05) is 0 Å². The highest BCUT2D eigenvalue weighted by Crippen LogP contribution is 2.22. The summed E-state index contributed by atoms with van der Waals surface area (Å²) >= 11 is 0. The van der Waals surface area contributed by atoms with E-state index in [0.717, 1.165) is 11.8 Å². The number of carboxylic acid groups (broad SMARTS) is 1. The number of aromatic nitrogens is 2. The van der Waals surface area contributed by atoms with E-state index >= 15 is 0 Å². The smallest absolute Gasteiger partial charge is 0.341 e. The third-order valence-electron chi connectivity index (χ3n) is 4.86. The van der Waals surface area contributed by atoms with Gasteiger partial charge >= 0.3 is 5.97 Å². The van der Waals surface area contributed by atoms with Crippen LogP contribution in [0.3, 0.4) is 0 Å². The predicted octanol–water partition coefficient (Wildman–Crippen LogP) is 3.19. The molecule has 0 fully saturated rings. The first-order valence-electron chi connectivity index (χ1n) is 9.02. The third-order valence-corrected chi connectivity index (χ3v) is 4.86. The summed E-state index contributed by atoms with van der Waals surface area (Å²) in [6.45, 7) is 0.306. The van der Waals surface area contributed by atoms with Crippen molar-refractivity contribution in [3.8, 4) is 0 Å². The molecule has 0 radical (unpaired) electrons. The largest absolute Gasteiger partial charge is 0.477 e. The Morgan fingerprint density at radius 2 is 1.90 bits per heavy atom. The summed E-state index contributed by atoms with van der Waals surface area (Å²) in [5.74, 6) is -1.91. The SMILES string of the molecule is CN(Cc1ccc(F)cc1)C(=O)c1cnc2c(ccc3c(=O)c(C(=O)O)c[nH]c32)c1. The number of H-pyrrole nitrogens is 1. The molecule has 2 N–H and O–H groups in total. The quantitative estimate of drug-likeness (QED) is 0.508. The first-order valence-corrected chi connectivity index (χ1v) is 9.02. The molecule has 4 aromatic rings. The Kier molecular flexibility index (Phi) is 4.75. The Hall–Kier alpha value is -4.07. The lowest BCUT2D eigenvalue weighted by molar-refractivity contribution is 0.0694. The van der Waals surface area contributed by atoms with Gasteiger partial charge in [0, 0.05) is 36.8 Å². The molecule has 2 aromatic carbocycles. The molecule has 2 aromatic heterocycles. The van der Waals surface area contributed by atoms with Gasteiger partial charge in [0.25, 0.3) is 5.91 Å². The van der Waals surface area contributed by atoms with Crippen LogP contribution < -0.4 is 5.43 Å². The predicted molar refractivity (Wildman–Crippen MR) is 109 cm³/mol. The number of pyridine rings is 2. The molecule has 8 heteroatoms. The van der Waals surface area contributed by atoms with Gasteiger partial charge in [-0.15, -0.1) is 0 Å². The topological polar surface area (TPSA) is 103 Å². The summed E-state index contributed by atoms with van der Waals surface area (Å²) in [6, 6.07) is 10.7. The summed E-state index contributed by atoms with van der Waals surface area (Å²) < 4.78 is 13.1. The average Bonchev–Trinajstić information content (AvgIpc) is 2.74. The highest BCUT2D eigenvalue weighted by molar-refractivity contribution is 6.06. The minimum Gasteiger partial charge on any atom is -0.477 e. The van der Waals surface area contributed by atoms with Crippen molar-refractivity contribution in [1.82, 2.24) is 14.9 Å². The maximum Gasteiger partial charge on any atom is 0.341 e. The Morgan fingerprint density at radius 3 is 2.60 bits per heavy atom. The van der Waals surface area contributed by atoms with Gasteiger partial charge in [-0.3, -0.25) is 14.6 Å². The van der Waals surface area contributed by atoms with Crippen molar-refractivity contribution in [1.29, 1.82) is 0 Å². The molecule has 0 aliphatic heterocycles. The lowest BCUT2D eigenvalue weighted by Crippen LogP contribution is -2.26. The van der Waals surface area contributed by atoms with Gasteiger partial charge in [-0.05, 0) is 29.8 Å². The van der Waals surface area contributed by atoms with Gasteiger partial charge in [-0.1, -0.05) is 18.2 Å². The number of carbonyl (C=O) groups excluding carboxylic acids is 1. The molecule has 0 aliphatic rings. The highest BCUT2D eigenvalue weighted by atomic mass is 19.1. The van der Waals surface area contributed by atoms with Crippen LogP contribution in [0, 0.1) is 5.82 Å². The molecule has 30 heavy (non-hydrogen) atoms. The van der Waals surface area contributed by atoms with Crippen LogP contribution >= 0.6 is 0 Å². The Morgan fingerprint density at radius 1 is 1.17 bits per heavy atom. The highest BCUT2D eigenvalue weighted by Gasteiger charge is 2.16. The van der Waals surface area contributed by atoms with E-state index in [9.17, 15) is 18.8 Å². The molecule has 1 amide bonds. The van der Waals surface area contributed by atoms with E-state index in [4.69, 9.17) is 5.11 Å². The van der Waals surface area contributed by atoms with Crippen molar-refractivity contribution in [2.75, 3.05) is 7.05 Å². The zero-order chi connectivity index (χ0) is 21.4. The van der Waals surface area contributed by atoms with E-state index in [2.05, 4.69) is 9.97 Å². The molecule has 0 bridgehead atoms. The van der Waals surface area contributed by atoms with E-state index in [1.54, 1.807) is 31.3 Å². The second kappa shape index (κ2) is 7.40. The van der Waals surface area contributed by atoms with Crippen LogP contribution in [-0.2, 0) is 6.54 Å². The first kappa shape index (κ1) is 19.3. The van der Waals surface area contributed by atoms with Crippen molar-refractivity contribution in [2.24, 2.45) is 0 Å². The van der Waals surface area contributed by atoms with E-state index in [0.29, 0.717) is 28.5 Å². The van der Waals surface area contributed by atoms with Gasteiger partial charge in [0.15, 0.2) is 0 Å². The Bertz CT molecular complexity index is 1360. The average molecular weight is 405 g/mol. The number of aromatic carboxylic acids is 1. The number of rotatable bonds is 4. The molecular weight excluding hydrogens is 389 g/mol. The molecule has 150 valence electrons. The molecule has 0 atom stereocenters. The number of carbonyl (C=O) groups is 2. The zero-order valence-corrected chi connectivity index (χ0v) is 15.8. The molecule has 7 nitrogen and oxygen atoms in total. The normalized spacial score (nSPS) is 11.0. The minimum atomic E-state index is -1.31. The van der Waals surface area contributed by atoms with Gasteiger partial charge in [-0.2, -0.15) is 0 Å². The van der Waals surface area contributed by atoms with Crippen LogP contribution in [-0.4, -0.2) is 38.9 Å². The summed E-state index contributed by atoms with van der Waals surface area (Å²) in [5, 5.41) is 9.95. The van der Waals surface area contributed by atoms with Gasteiger partial charge < -0.3 is 15.0 Å². The number of amides is 1. The van der Waals surface area contributed by atoms with E-state index < -0.39 is 11.4 Å². The van der Waals surface area contributed by atoms with E-state index in [-0.39, 0.29) is 22.7 Å². The maximum atomic E-state index is 13.1. The summed E-state index contributed by atoms with van der Waals surface area (Å²) in [6.07, 6.45) is 2.55. The molecule has 0 aliphatic carbocycles. The standard InChI is InChI=1S/C22H16FN3O4/c1-26(11-12-2-5-15(23)6-3-12)21(28)14-8-13-4-7-16-19(18(13)24-9-14)25-10-17(20(16)27)22(29)30/h2-10H,11H2,1H3,(H,25,27)(H,29,30). The van der Waals surface area contributed by atoms with Crippen molar-refractivity contribution in [2.45, 2.75) is 6.54 Å². The number of aromatic amines is 1. The summed E-state index contributed by atoms with van der Waals surface area (Å²) in [5.41, 5.74) is 1.06. The lowest BCUT2D eigenvalue weighted by Gasteiger charge is -2.17. The van der Waals surface area contributed by atoms with Gasteiger partial charge in [0.2, 0.25) is 5.43 Å². The second-order valence-electron chi connectivity index (χ2n) is 6.91. The Balaban J connectivity index is 1.69. The minimum absolute atomic E-state index is 0.211. The number of hydrogen-bond donors (Lipinski definition) is 2. The van der Waals surface area contributed by atoms with Crippen LogP contribution in [0.1, 0.15) is 26.3 Å². The fourth-order valence-electron chi connectivity index (χ4n) is 3.32. The van der Waals surface area contributed by atoms with Gasteiger partial charge in [0.1, 0.15) is 11.4 Å². The summed E-state index contributed by atoms with van der Waals surface area (Å²) in [4.78, 5) is 45.0. The first-order chi connectivity index (χ1) is 14.3. The number of benzene rings is 2. The fraction of sp³-hybridized carbons (Fsp3) is 0.0909. The molecule has 0 saturated heterocycles. The van der Waals surface area contributed by atoms with Gasteiger partial charge in [-0.25, -0.2) is 9.18 Å². The van der Waals surface area contributed by atoms with Crippen LogP contribution in [0.4, 0.5) is 4.39 Å². The number of carboxylic acids is 1. The van der Waals surface area contributed by atoms with Crippen LogP contribution in [0.2, 0.25) is 0 Å². The molecule has 2 heterocycles. The van der Waals surface area contributed by atoms with Crippen LogP contribution in [0.5, 0.6) is 0 Å². The van der Waals surface area contributed by atoms with Crippen molar-refractivity contribution in [3.05, 3.63) is 87.6 Å². The molecule has 0 saturated carbocycles. The molecule has 0 unspecified atom stereocenters. The number of fused-ring (bicyclic) bond motifs is 3. The lowest BCUT2D eigenvalue weighted by atomic mass is 10.1. The molecule has 0 spiro atoms. The molecular formula is C22H16FN3O4. The molecule has 4 rings (SSSR count). The third kappa shape index (κ3) is 3.39. The van der Waals surface area contributed by atoms with Crippen LogP contribution in [0.15, 0.2) is 59.7 Å². The second-order valence-corrected chi connectivity index (χ2v) is 6.91. The Labute approximate surface area is 169 Å². The fourth-order valence-corrected chi connectivity index (χ4v) is 3.32. The monoisotopic (exact) mass is 405 g/mol. The van der Waals surface area contributed by atoms with Crippen molar-refractivity contribution >= 4 is 33.7 Å². The zero-order valence-electron chi connectivity index (χ0n) is 15.8. The number of nitrogens with one attached hydrogen (secondary N) is 1. The summed E-state index contributed by atoms with van der Waals surface area (Å²) in [7, 11) is 1.64. The van der Waals surface area contributed by atoms with Crippen LogP contribution in [0.25, 0.3) is 21.8 Å². The van der Waals surface area contributed by atoms with Crippen molar-refractivity contribution in [3.63, 3.8) is 0 Å². The number of hydrogen-bond acceptors (Lipinski definition) is 4. The number of nitrogens with zero attached hydrogens (tertiary/aromatic N) is 2. The maximum absolute atomic E-state index is 13.1.